The average molecular weight is 455 g/mol. The van der Waals surface area contributed by atoms with Gasteiger partial charge in [0.05, 0.1) is 11.1 Å². The maximum atomic E-state index is 13.3. The van der Waals surface area contributed by atoms with E-state index < -0.39 is 5.91 Å². The summed E-state index contributed by atoms with van der Waals surface area (Å²) >= 11 is 7.54. The van der Waals surface area contributed by atoms with Gasteiger partial charge in [0.1, 0.15) is 6.33 Å². The van der Waals surface area contributed by atoms with E-state index in [9.17, 15) is 9.59 Å². The molecule has 0 aliphatic carbocycles. The number of benzene rings is 2. The van der Waals surface area contributed by atoms with Crippen LogP contribution in [0.1, 0.15) is 23.8 Å². The number of nitrogens with one attached hydrogen (secondary N) is 1. The predicted molar refractivity (Wildman–Crippen MR) is 121 cm³/mol. The molecule has 0 aliphatic rings. The molecule has 0 bridgehead atoms. The van der Waals surface area contributed by atoms with Gasteiger partial charge < -0.3 is 9.88 Å². The van der Waals surface area contributed by atoms with Gasteiger partial charge in [0.15, 0.2) is 10.9 Å². The molecular weight excluding hydrogens is 436 g/mol. The molecule has 158 valence electrons. The van der Waals surface area contributed by atoms with Gasteiger partial charge in [-0.3, -0.25) is 9.59 Å². The van der Waals surface area contributed by atoms with Crippen molar-refractivity contribution in [2.45, 2.75) is 29.9 Å². The van der Waals surface area contributed by atoms with E-state index in [1.54, 1.807) is 53.4 Å². The van der Waals surface area contributed by atoms with Gasteiger partial charge in [-0.15, -0.1) is 10.2 Å². The number of aryl methyl sites for hydroxylation is 2. The van der Waals surface area contributed by atoms with Gasteiger partial charge in [-0.25, -0.2) is 4.68 Å². The van der Waals surface area contributed by atoms with Crippen LogP contribution < -0.4 is 10.9 Å². The van der Waals surface area contributed by atoms with Crippen molar-refractivity contribution in [3.8, 4) is 0 Å². The van der Waals surface area contributed by atoms with Crippen molar-refractivity contribution in [2.24, 2.45) is 7.05 Å². The van der Waals surface area contributed by atoms with Crippen molar-refractivity contribution in [2.75, 3.05) is 5.32 Å². The molecule has 0 unspecified atom stereocenters. The minimum Gasteiger partial charge on any atom is -0.319 e. The number of carbonyl (C=O) groups excluding carboxylic acids is 1. The van der Waals surface area contributed by atoms with Crippen molar-refractivity contribution in [3.05, 3.63) is 69.9 Å². The third-order valence-corrected chi connectivity index (χ3v) is 5.94. The van der Waals surface area contributed by atoms with Crippen LogP contribution >= 0.6 is 23.4 Å². The van der Waals surface area contributed by atoms with Gasteiger partial charge in [-0.2, -0.15) is 5.10 Å². The van der Waals surface area contributed by atoms with Crippen LogP contribution in [-0.4, -0.2) is 30.5 Å². The number of carbonyl (C=O) groups is 1. The Labute approximate surface area is 187 Å². The van der Waals surface area contributed by atoms with Crippen LogP contribution in [0.2, 0.25) is 5.02 Å². The lowest BCUT2D eigenvalue weighted by atomic mass is 10.1. The number of hydrogen-bond donors (Lipinski definition) is 1. The highest BCUT2D eigenvalue weighted by molar-refractivity contribution is 7.99. The molecule has 31 heavy (non-hydrogen) atoms. The summed E-state index contributed by atoms with van der Waals surface area (Å²) < 4.78 is 3.12. The molecule has 0 fully saturated rings. The van der Waals surface area contributed by atoms with Crippen LogP contribution in [0, 0.1) is 0 Å². The fourth-order valence-corrected chi connectivity index (χ4v) is 4.10. The van der Waals surface area contributed by atoms with Gasteiger partial charge in [0, 0.05) is 28.9 Å². The van der Waals surface area contributed by atoms with Gasteiger partial charge in [0.25, 0.3) is 11.5 Å². The number of amides is 1. The first-order valence-electron chi connectivity index (χ1n) is 9.60. The summed E-state index contributed by atoms with van der Waals surface area (Å²) in [7, 11) is 1.84. The molecular formula is C21H19ClN6O2S. The number of fused-ring (bicyclic) bond motifs is 1. The Morgan fingerprint density at radius 2 is 1.97 bits per heavy atom. The first kappa shape index (κ1) is 21.1. The second-order valence-electron chi connectivity index (χ2n) is 6.84. The molecule has 2 aromatic carbocycles. The van der Waals surface area contributed by atoms with Crippen LogP contribution in [0.25, 0.3) is 10.8 Å². The number of aromatic nitrogens is 5. The summed E-state index contributed by atoms with van der Waals surface area (Å²) in [5.74, 6) is -0.428. The molecule has 0 saturated heterocycles. The highest BCUT2D eigenvalue weighted by Gasteiger charge is 2.19. The zero-order valence-electron chi connectivity index (χ0n) is 16.9. The number of nitrogens with zero attached hydrogens (tertiary/aromatic N) is 5. The second kappa shape index (κ2) is 8.91. The molecule has 1 N–H and O–H groups in total. The minimum atomic E-state index is -0.428. The van der Waals surface area contributed by atoms with E-state index in [0.29, 0.717) is 33.2 Å². The Bertz CT molecular complexity index is 1330. The Kier molecular flexibility index (Phi) is 6.06. The fourth-order valence-electron chi connectivity index (χ4n) is 3.10. The first-order valence-corrected chi connectivity index (χ1v) is 10.8. The Balaban J connectivity index is 1.75. The van der Waals surface area contributed by atoms with Crippen LogP contribution in [0.15, 0.2) is 63.6 Å². The van der Waals surface area contributed by atoms with Crippen molar-refractivity contribution < 1.29 is 4.79 Å². The van der Waals surface area contributed by atoms with E-state index in [0.717, 1.165) is 11.3 Å². The predicted octanol–water partition coefficient (Wildman–Crippen LogP) is 3.99. The molecule has 4 rings (SSSR count). The number of halogens is 1. The molecule has 0 spiro atoms. The van der Waals surface area contributed by atoms with E-state index in [2.05, 4.69) is 20.6 Å². The smallest absolute Gasteiger partial charge is 0.276 e. The highest BCUT2D eigenvalue weighted by atomic mass is 35.5. The summed E-state index contributed by atoms with van der Waals surface area (Å²) in [6, 6.07) is 12.2. The van der Waals surface area contributed by atoms with Gasteiger partial charge in [-0.1, -0.05) is 36.7 Å². The van der Waals surface area contributed by atoms with Crippen LogP contribution in [0.4, 0.5) is 5.69 Å². The second-order valence-corrected chi connectivity index (χ2v) is 8.29. The largest absolute Gasteiger partial charge is 0.319 e. The molecule has 0 aliphatic heterocycles. The fraction of sp³-hybridized carbons (Fsp3) is 0.190. The van der Waals surface area contributed by atoms with Gasteiger partial charge in [0.2, 0.25) is 0 Å². The molecule has 0 atom stereocenters. The van der Waals surface area contributed by atoms with Gasteiger partial charge >= 0.3 is 0 Å². The van der Waals surface area contributed by atoms with E-state index in [1.807, 2.05) is 14.0 Å². The van der Waals surface area contributed by atoms with E-state index >= 15 is 0 Å². The summed E-state index contributed by atoms with van der Waals surface area (Å²) in [6.45, 7) is 2.37. The van der Waals surface area contributed by atoms with Crippen molar-refractivity contribution in [1.29, 1.82) is 0 Å². The van der Waals surface area contributed by atoms with Crippen LogP contribution in [0.3, 0.4) is 0 Å². The average Bonchev–Trinajstić information content (AvgIpc) is 3.16. The van der Waals surface area contributed by atoms with Gasteiger partial charge in [-0.05, 0) is 42.4 Å². The third kappa shape index (κ3) is 4.33. The lowest BCUT2D eigenvalue weighted by molar-refractivity contribution is 0.102. The monoisotopic (exact) mass is 454 g/mol. The summed E-state index contributed by atoms with van der Waals surface area (Å²) in [6.07, 6.45) is 2.32. The van der Waals surface area contributed by atoms with Crippen LogP contribution in [0.5, 0.6) is 0 Å². The maximum absolute atomic E-state index is 13.3. The molecule has 1 amide bonds. The molecule has 10 heteroatoms. The van der Waals surface area contributed by atoms with E-state index in [4.69, 9.17) is 11.6 Å². The molecule has 4 aromatic rings. The lowest BCUT2D eigenvalue weighted by Gasteiger charge is -2.13. The Morgan fingerprint density at radius 1 is 1.19 bits per heavy atom. The molecule has 8 nitrogen and oxygen atoms in total. The molecule has 2 aromatic heterocycles. The normalized spacial score (nSPS) is 11.1. The summed E-state index contributed by atoms with van der Waals surface area (Å²) in [4.78, 5) is 26.7. The maximum Gasteiger partial charge on any atom is 0.276 e. The van der Waals surface area contributed by atoms with Crippen molar-refractivity contribution in [1.82, 2.24) is 24.5 Å². The molecule has 2 heterocycles. The summed E-state index contributed by atoms with van der Waals surface area (Å²) in [5.41, 5.74) is 0.484. The number of hydrogen-bond acceptors (Lipinski definition) is 6. The Hall–Kier alpha value is -3.17. The van der Waals surface area contributed by atoms with E-state index in [1.165, 1.54) is 16.4 Å². The third-order valence-electron chi connectivity index (χ3n) is 4.58. The van der Waals surface area contributed by atoms with E-state index in [-0.39, 0.29) is 11.3 Å². The topological polar surface area (TPSA) is 94.7 Å². The van der Waals surface area contributed by atoms with Crippen LogP contribution in [-0.2, 0) is 13.6 Å². The van der Waals surface area contributed by atoms with Crippen molar-refractivity contribution in [3.63, 3.8) is 0 Å². The minimum absolute atomic E-state index is 0.179. The van der Waals surface area contributed by atoms with Crippen molar-refractivity contribution >= 4 is 45.7 Å². The lowest BCUT2D eigenvalue weighted by Crippen LogP contribution is -2.27. The zero-order chi connectivity index (χ0) is 22.0. The SMILES string of the molecule is CCCn1nc(C(=O)Nc2cc(Cl)ccc2Sc2nncn2C)c2ccccc2c1=O. The highest BCUT2D eigenvalue weighted by Crippen LogP contribution is 2.34. The summed E-state index contributed by atoms with van der Waals surface area (Å²) in [5, 5.41) is 17.3. The quantitative estimate of drug-likeness (QED) is 0.473. The Morgan fingerprint density at radius 3 is 2.68 bits per heavy atom. The number of rotatable bonds is 6. The molecule has 0 saturated carbocycles. The first-order chi connectivity index (χ1) is 15.0. The number of anilines is 1. The standard InChI is InChI=1S/C21H19ClN6O2S/c1-3-10-28-20(30)15-7-5-4-6-14(15)18(26-28)19(29)24-16-11-13(22)8-9-17(16)31-21-25-23-12-27(21)2/h4-9,11-12H,3,10H2,1-2H3,(H,24,29). The zero-order valence-corrected chi connectivity index (χ0v) is 18.4. The molecule has 0 radical (unpaired) electrons.